The summed E-state index contributed by atoms with van der Waals surface area (Å²) in [6, 6.07) is 0. The highest BCUT2D eigenvalue weighted by Crippen LogP contribution is 2.10. The van der Waals surface area contributed by atoms with Gasteiger partial charge in [-0.15, -0.1) is 0 Å². The van der Waals surface area contributed by atoms with Crippen LogP contribution in [0.25, 0.3) is 0 Å². The molecule has 0 radical (unpaired) electrons. The van der Waals surface area contributed by atoms with E-state index in [0.717, 1.165) is 32.4 Å². The highest BCUT2D eigenvalue weighted by molar-refractivity contribution is 5.66. The van der Waals surface area contributed by atoms with Gasteiger partial charge in [-0.25, -0.2) is 0 Å². The highest BCUT2D eigenvalue weighted by Gasteiger charge is 1.96. The van der Waals surface area contributed by atoms with Crippen LogP contribution in [0.2, 0.25) is 0 Å². The standard InChI is InChI=1S/C12H24O2.C5H14N2/c1-2-3-4-5-6-7-8-9-10-11-12(13)14;1-7(2)5-3-4-6/h2-11H2,1H3,(H,13,14);3-6H2,1-2H3. The van der Waals surface area contributed by atoms with E-state index in [9.17, 15) is 4.79 Å². The predicted molar refractivity (Wildman–Crippen MR) is 91.7 cm³/mol. The number of unbranched alkanes of at least 4 members (excludes halogenated alkanes) is 8. The van der Waals surface area contributed by atoms with E-state index in [0.29, 0.717) is 6.42 Å². The molecule has 0 fully saturated rings. The summed E-state index contributed by atoms with van der Waals surface area (Å²) in [6.45, 7) is 4.14. The van der Waals surface area contributed by atoms with Gasteiger partial charge in [0.1, 0.15) is 0 Å². The lowest BCUT2D eigenvalue weighted by molar-refractivity contribution is -0.137. The molecule has 0 spiro atoms. The zero-order valence-corrected chi connectivity index (χ0v) is 14.6. The zero-order valence-electron chi connectivity index (χ0n) is 14.6. The summed E-state index contributed by atoms with van der Waals surface area (Å²) < 4.78 is 0. The molecule has 0 heterocycles. The van der Waals surface area contributed by atoms with E-state index in [1.165, 1.54) is 44.9 Å². The Labute approximate surface area is 132 Å². The molecule has 21 heavy (non-hydrogen) atoms. The summed E-state index contributed by atoms with van der Waals surface area (Å²) >= 11 is 0. The van der Waals surface area contributed by atoms with Gasteiger partial charge in [0.25, 0.3) is 0 Å². The fourth-order valence-corrected chi connectivity index (χ4v) is 1.99. The average Bonchev–Trinajstić information content (AvgIpc) is 2.43. The number of nitrogens with zero attached hydrogens (tertiary/aromatic N) is 1. The molecule has 0 rings (SSSR count). The van der Waals surface area contributed by atoms with Gasteiger partial charge in [-0.1, -0.05) is 58.3 Å². The van der Waals surface area contributed by atoms with Crippen LogP contribution in [-0.4, -0.2) is 43.2 Å². The molecule has 0 aromatic heterocycles. The van der Waals surface area contributed by atoms with Crippen LogP contribution in [-0.2, 0) is 4.79 Å². The summed E-state index contributed by atoms with van der Waals surface area (Å²) in [5.74, 6) is -0.659. The number of hydrogen-bond donors (Lipinski definition) is 2. The van der Waals surface area contributed by atoms with Crippen molar-refractivity contribution in [2.45, 2.75) is 77.6 Å². The quantitative estimate of drug-likeness (QED) is 0.507. The van der Waals surface area contributed by atoms with Gasteiger partial charge < -0.3 is 15.7 Å². The van der Waals surface area contributed by atoms with Crippen molar-refractivity contribution in [1.29, 1.82) is 0 Å². The van der Waals surface area contributed by atoms with Crippen molar-refractivity contribution in [2.75, 3.05) is 27.2 Å². The van der Waals surface area contributed by atoms with E-state index in [1.807, 2.05) is 0 Å². The normalized spacial score (nSPS) is 10.3. The van der Waals surface area contributed by atoms with Gasteiger partial charge in [0.15, 0.2) is 0 Å². The van der Waals surface area contributed by atoms with Crippen molar-refractivity contribution in [3.05, 3.63) is 0 Å². The third kappa shape index (κ3) is 28.3. The molecular formula is C17H38N2O2. The van der Waals surface area contributed by atoms with Crippen molar-refractivity contribution in [3.63, 3.8) is 0 Å². The van der Waals surface area contributed by atoms with Gasteiger partial charge in [-0.2, -0.15) is 0 Å². The number of carboxylic acids is 1. The Kier molecular flexibility index (Phi) is 20.9. The zero-order chi connectivity index (χ0) is 16.3. The lowest BCUT2D eigenvalue weighted by Crippen LogP contribution is -2.16. The molecule has 0 aromatic carbocycles. The van der Waals surface area contributed by atoms with E-state index < -0.39 is 5.97 Å². The van der Waals surface area contributed by atoms with Gasteiger partial charge >= 0.3 is 5.97 Å². The summed E-state index contributed by atoms with van der Waals surface area (Å²) in [5, 5.41) is 8.41. The van der Waals surface area contributed by atoms with Crippen molar-refractivity contribution < 1.29 is 9.90 Å². The molecule has 0 atom stereocenters. The summed E-state index contributed by atoms with van der Waals surface area (Å²) in [6.07, 6.45) is 12.6. The van der Waals surface area contributed by atoms with Crippen LogP contribution in [0.3, 0.4) is 0 Å². The molecule has 0 bridgehead atoms. The molecule has 0 aliphatic rings. The minimum atomic E-state index is -0.659. The summed E-state index contributed by atoms with van der Waals surface area (Å²) in [5.41, 5.74) is 5.25. The average molecular weight is 303 g/mol. The maximum atomic E-state index is 10.2. The number of hydrogen-bond acceptors (Lipinski definition) is 3. The molecule has 4 nitrogen and oxygen atoms in total. The molecule has 0 unspecified atom stereocenters. The van der Waals surface area contributed by atoms with Crippen LogP contribution in [0.1, 0.15) is 77.6 Å². The molecule has 0 amide bonds. The smallest absolute Gasteiger partial charge is 0.303 e. The molecule has 0 aromatic rings. The first kappa shape index (κ1) is 22.7. The minimum absolute atomic E-state index is 0.343. The van der Waals surface area contributed by atoms with Crippen LogP contribution < -0.4 is 5.73 Å². The second-order valence-corrected chi connectivity index (χ2v) is 5.92. The van der Waals surface area contributed by atoms with E-state index in [4.69, 9.17) is 10.8 Å². The molecule has 4 heteroatoms. The molecule has 3 N–H and O–H groups in total. The van der Waals surface area contributed by atoms with E-state index >= 15 is 0 Å². The van der Waals surface area contributed by atoms with E-state index in [1.54, 1.807) is 0 Å². The minimum Gasteiger partial charge on any atom is -0.481 e. The molecule has 0 saturated heterocycles. The van der Waals surface area contributed by atoms with Crippen molar-refractivity contribution >= 4 is 5.97 Å². The summed E-state index contributed by atoms with van der Waals surface area (Å²) in [4.78, 5) is 12.3. The van der Waals surface area contributed by atoms with Crippen LogP contribution >= 0.6 is 0 Å². The maximum Gasteiger partial charge on any atom is 0.303 e. The van der Waals surface area contributed by atoms with Crippen LogP contribution in [0.4, 0.5) is 0 Å². The Morgan fingerprint density at radius 2 is 1.38 bits per heavy atom. The predicted octanol–water partition coefficient (Wildman–Crippen LogP) is 3.89. The second-order valence-electron chi connectivity index (χ2n) is 5.92. The maximum absolute atomic E-state index is 10.2. The van der Waals surface area contributed by atoms with Gasteiger partial charge in [-0.05, 0) is 40.0 Å². The fraction of sp³-hybridized carbons (Fsp3) is 0.941. The Hall–Kier alpha value is -0.610. The molecular weight excluding hydrogens is 264 g/mol. The SMILES string of the molecule is CCCCCCCCCCCC(=O)O.CN(C)CCCN. The highest BCUT2D eigenvalue weighted by atomic mass is 16.4. The van der Waals surface area contributed by atoms with Crippen molar-refractivity contribution in [1.82, 2.24) is 4.90 Å². The number of carboxylic acid groups (broad SMARTS) is 1. The monoisotopic (exact) mass is 302 g/mol. The first-order valence-electron chi connectivity index (χ1n) is 8.61. The van der Waals surface area contributed by atoms with E-state index in [-0.39, 0.29) is 0 Å². The first-order valence-corrected chi connectivity index (χ1v) is 8.61. The number of carbonyl (C=O) groups is 1. The largest absolute Gasteiger partial charge is 0.481 e. The molecule has 0 aliphatic heterocycles. The van der Waals surface area contributed by atoms with Gasteiger partial charge in [0, 0.05) is 6.42 Å². The Morgan fingerprint density at radius 1 is 0.905 bits per heavy atom. The van der Waals surface area contributed by atoms with Crippen LogP contribution in [0.5, 0.6) is 0 Å². The Morgan fingerprint density at radius 3 is 1.71 bits per heavy atom. The van der Waals surface area contributed by atoms with Crippen LogP contribution in [0, 0.1) is 0 Å². The topological polar surface area (TPSA) is 66.6 Å². The Bertz CT molecular complexity index is 209. The van der Waals surface area contributed by atoms with E-state index in [2.05, 4.69) is 25.9 Å². The summed E-state index contributed by atoms with van der Waals surface area (Å²) in [7, 11) is 4.10. The molecule has 0 aliphatic carbocycles. The molecule has 128 valence electrons. The fourth-order valence-electron chi connectivity index (χ4n) is 1.99. The first-order chi connectivity index (χ1) is 10.0. The van der Waals surface area contributed by atoms with Crippen LogP contribution in [0.15, 0.2) is 0 Å². The Balaban J connectivity index is 0. The number of rotatable bonds is 13. The second kappa shape index (κ2) is 19.4. The lowest BCUT2D eigenvalue weighted by Gasteiger charge is -2.05. The van der Waals surface area contributed by atoms with Crippen molar-refractivity contribution in [2.24, 2.45) is 5.73 Å². The third-order valence-corrected chi connectivity index (χ3v) is 3.30. The lowest BCUT2D eigenvalue weighted by atomic mass is 10.1. The number of aliphatic carboxylic acids is 1. The van der Waals surface area contributed by atoms with Gasteiger partial charge in [0.2, 0.25) is 0 Å². The van der Waals surface area contributed by atoms with Gasteiger partial charge in [0.05, 0.1) is 0 Å². The van der Waals surface area contributed by atoms with Crippen molar-refractivity contribution in [3.8, 4) is 0 Å². The third-order valence-electron chi connectivity index (χ3n) is 3.30. The van der Waals surface area contributed by atoms with Gasteiger partial charge in [-0.3, -0.25) is 4.79 Å². The molecule has 0 saturated carbocycles. The number of nitrogens with two attached hydrogens (primary N) is 1.